The summed E-state index contributed by atoms with van der Waals surface area (Å²) in [6.07, 6.45) is 5.35. The number of esters is 1. The molecule has 116 valence electrons. The van der Waals surface area contributed by atoms with Crippen molar-refractivity contribution < 1.29 is 14.3 Å². The van der Waals surface area contributed by atoms with E-state index in [1.165, 1.54) is 6.08 Å². The highest BCUT2D eigenvalue weighted by atomic mass is 16.6. The van der Waals surface area contributed by atoms with Crippen LogP contribution in [0.5, 0.6) is 0 Å². The molecule has 3 nitrogen and oxygen atoms in total. The van der Waals surface area contributed by atoms with E-state index in [1.807, 2.05) is 30.3 Å². The van der Waals surface area contributed by atoms with E-state index in [-0.39, 0.29) is 5.97 Å². The molecule has 0 amide bonds. The van der Waals surface area contributed by atoms with Crippen LogP contribution in [0.2, 0.25) is 0 Å². The number of ether oxygens (including phenoxy) is 2. The SMILES string of the molecule is CC(C)(C)CCCOCCOC(=O)/C=C/c1ccccc1. The molecule has 0 bridgehead atoms. The van der Waals surface area contributed by atoms with Gasteiger partial charge in [-0.05, 0) is 29.9 Å². The fourth-order valence-electron chi connectivity index (χ4n) is 1.78. The van der Waals surface area contributed by atoms with E-state index in [9.17, 15) is 4.79 Å². The monoisotopic (exact) mass is 290 g/mol. The zero-order valence-corrected chi connectivity index (χ0v) is 13.3. The summed E-state index contributed by atoms with van der Waals surface area (Å²) in [6.45, 7) is 8.12. The maximum Gasteiger partial charge on any atom is 0.330 e. The molecule has 0 aromatic heterocycles. The van der Waals surface area contributed by atoms with Gasteiger partial charge in [-0.25, -0.2) is 4.79 Å². The first-order valence-corrected chi connectivity index (χ1v) is 7.45. The van der Waals surface area contributed by atoms with Crippen LogP contribution in [0.4, 0.5) is 0 Å². The third-order valence-electron chi connectivity index (χ3n) is 2.90. The molecule has 0 saturated carbocycles. The lowest BCUT2D eigenvalue weighted by Gasteiger charge is -2.17. The van der Waals surface area contributed by atoms with Crippen molar-refractivity contribution in [3.63, 3.8) is 0 Å². The maximum absolute atomic E-state index is 11.5. The highest BCUT2D eigenvalue weighted by molar-refractivity contribution is 5.86. The topological polar surface area (TPSA) is 35.5 Å². The fourth-order valence-corrected chi connectivity index (χ4v) is 1.78. The maximum atomic E-state index is 11.5. The van der Waals surface area contributed by atoms with E-state index in [2.05, 4.69) is 20.8 Å². The summed E-state index contributed by atoms with van der Waals surface area (Å²) in [5.41, 5.74) is 1.32. The zero-order chi connectivity index (χ0) is 15.6. The predicted molar refractivity (Wildman–Crippen MR) is 85.9 cm³/mol. The van der Waals surface area contributed by atoms with E-state index < -0.39 is 0 Å². The van der Waals surface area contributed by atoms with Crippen molar-refractivity contribution in [1.29, 1.82) is 0 Å². The normalized spacial score (nSPS) is 11.8. The average Bonchev–Trinajstić information content (AvgIpc) is 2.44. The molecule has 3 heteroatoms. The highest BCUT2D eigenvalue weighted by Crippen LogP contribution is 2.20. The molecule has 0 fully saturated rings. The number of carbonyl (C=O) groups excluding carboxylic acids is 1. The molecular weight excluding hydrogens is 264 g/mol. The molecule has 0 aliphatic heterocycles. The molecule has 0 unspecified atom stereocenters. The van der Waals surface area contributed by atoms with Gasteiger partial charge in [-0.2, -0.15) is 0 Å². The van der Waals surface area contributed by atoms with Crippen molar-refractivity contribution in [2.45, 2.75) is 33.6 Å². The van der Waals surface area contributed by atoms with E-state index in [4.69, 9.17) is 9.47 Å². The number of carbonyl (C=O) groups is 1. The minimum atomic E-state index is -0.336. The second-order valence-electron chi connectivity index (χ2n) is 6.19. The van der Waals surface area contributed by atoms with Gasteiger partial charge in [0.25, 0.3) is 0 Å². The van der Waals surface area contributed by atoms with Gasteiger partial charge in [-0.1, -0.05) is 51.1 Å². The van der Waals surface area contributed by atoms with Crippen LogP contribution in [0.15, 0.2) is 36.4 Å². The Morgan fingerprint density at radius 2 is 1.81 bits per heavy atom. The molecule has 0 heterocycles. The summed E-state index contributed by atoms with van der Waals surface area (Å²) < 4.78 is 10.5. The Kier molecular flexibility index (Phi) is 7.76. The van der Waals surface area contributed by atoms with Gasteiger partial charge in [-0.15, -0.1) is 0 Å². The van der Waals surface area contributed by atoms with Crippen molar-refractivity contribution >= 4 is 12.0 Å². The van der Waals surface area contributed by atoms with Crippen LogP contribution < -0.4 is 0 Å². The van der Waals surface area contributed by atoms with E-state index >= 15 is 0 Å². The quantitative estimate of drug-likeness (QED) is 0.411. The van der Waals surface area contributed by atoms with Crippen LogP contribution in [-0.4, -0.2) is 25.8 Å². The Hall–Kier alpha value is -1.61. The van der Waals surface area contributed by atoms with E-state index in [1.54, 1.807) is 6.08 Å². The summed E-state index contributed by atoms with van der Waals surface area (Å²) in [5.74, 6) is -0.336. The first-order valence-electron chi connectivity index (χ1n) is 7.45. The molecule has 0 radical (unpaired) electrons. The van der Waals surface area contributed by atoms with Crippen LogP contribution >= 0.6 is 0 Å². The molecule has 21 heavy (non-hydrogen) atoms. The standard InChI is InChI=1S/C18H26O3/c1-18(2,3)12-7-13-20-14-15-21-17(19)11-10-16-8-5-4-6-9-16/h4-6,8-11H,7,12-15H2,1-3H3/b11-10+. The van der Waals surface area contributed by atoms with Crippen molar-refractivity contribution in [3.05, 3.63) is 42.0 Å². The molecule has 0 saturated heterocycles. The van der Waals surface area contributed by atoms with E-state index in [0.29, 0.717) is 25.2 Å². The predicted octanol–water partition coefficient (Wildman–Crippen LogP) is 4.09. The minimum Gasteiger partial charge on any atom is -0.460 e. The third kappa shape index (κ3) is 9.85. The summed E-state index contributed by atoms with van der Waals surface area (Å²) in [7, 11) is 0. The van der Waals surface area contributed by atoms with Crippen molar-refractivity contribution in [3.8, 4) is 0 Å². The lowest BCUT2D eigenvalue weighted by molar-refractivity contribution is -0.139. The zero-order valence-electron chi connectivity index (χ0n) is 13.3. The Bertz CT molecular complexity index is 430. The van der Waals surface area contributed by atoms with Gasteiger partial charge in [0.15, 0.2) is 0 Å². The molecule has 0 spiro atoms. The summed E-state index contributed by atoms with van der Waals surface area (Å²) in [6, 6.07) is 9.66. The number of rotatable bonds is 8. The van der Waals surface area contributed by atoms with Gasteiger partial charge in [0.05, 0.1) is 6.61 Å². The molecule has 1 aromatic carbocycles. The Morgan fingerprint density at radius 1 is 1.10 bits per heavy atom. The Balaban J connectivity index is 2.05. The van der Waals surface area contributed by atoms with Crippen molar-refractivity contribution in [2.24, 2.45) is 5.41 Å². The van der Waals surface area contributed by atoms with Gasteiger partial charge >= 0.3 is 5.97 Å². The van der Waals surface area contributed by atoms with E-state index in [0.717, 1.165) is 18.4 Å². The highest BCUT2D eigenvalue weighted by Gasteiger charge is 2.08. The van der Waals surface area contributed by atoms with Gasteiger partial charge in [0, 0.05) is 12.7 Å². The average molecular weight is 290 g/mol. The molecular formula is C18H26O3. The number of benzene rings is 1. The van der Waals surface area contributed by atoms with Gasteiger partial charge < -0.3 is 9.47 Å². The van der Waals surface area contributed by atoms with Gasteiger partial charge in [0.1, 0.15) is 6.61 Å². The number of hydrogen-bond donors (Lipinski definition) is 0. The minimum absolute atomic E-state index is 0.299. The second kappa shape index (κ2) is 9.35. The smallest absolute Gasteiger partial charge is 0.330 e. The summed E-state index contributed by atoms with van der Waals surface area (Å²) >= 11 is 0. The lowest BCUT2D eigenvalue weighted by Crippen LogP contribution is -2.11. The van der Waals surface area contributed by atoms with Crippen LogP contribution in [-0.2, 0) is 14.3 Å². The summed E-state index contributed by atoms with van der Waals surface area (Å²) in [5, 5.41) is 0. The Morgan fingerprint density at radius 3 is 2.48 bits per heavy atom. The molecule has 0 N–H and O–H groups in total. The van der Waals surface area contributed by atoms with Crippen molar-refractivity contribution in [2.75, 3.05) is 19.8 Å². The molecule has 1 rings (SSSR count). The second-order valence-corrected chi connectivity index (χ2v) is 6.19. The first kappa shape index (κ1) is 17.4. The number of hydrogen-bond acceptors (Lipinski definition) is 3. The lowest BCUT2D eigenvalue weighted by atomic mass is 9.91. The van der Waals surface area contributed by atoms with Gasteiger partial charge in [-0.3, -0.25) is 0 Å². The van der Waals surface area contributed by atoms with Gasteiger partial charge in [0.2, 0.25) is 0 Å². The molecule has 1 aromatic rings. The van der Waals surface area contributed by atoms with Crippen LogP contribution in [0.1, 0.15) is 39.2 Å². The fraction of sp³-hybridized carbons (Fsp3) is 0.500. The summed E-state index contributed by atoms with van der Waals surface area (Å²) in [4.78, 5) is 11.5. The third-order valence-corrected chi connectivity index (χ3v) is 2.90. The van der Waals surface area contributed by atoms with Crippen LogP contribution in [0, 0.1) is 5.41 Å². The first-order chi connectivity index (χ1) is 9.97. The molecule has 0 atom stereocenters. The molecule has 0 aliphatic carbocycles. The van der Waals surface area contributed by atoms with Crippen molar-refractivity contribution in [1.82, 2.24) is 0 Å². The van der Waals surface area contributed by atoms with Crippen LogP contribution in [0.3, 0.4) is 0 Å². The van der Waals surface area contributed by atoms with Crippen LogP contribution in [0.25, 0.3) is 6.08 Å². The largest absolute Gasteiger partial charge is 0.460 e. The Labute approximate surface area is 128 Å². The molecule has 0 aliphatic rings.